The number of benzene rings is 1. The maximum atomic E-state index is 12.9. The number of likely N-dealkylation sites (tertiary alicyclic amines) is 1. The zero-order valence-corrected chi connectivity index (χ0v) is 21.3. The highest BCUT2D eigenvalue weighted by molar-refractivity contribution is 6.02. The van der Waals surface area contributed by atoms with E-state index in [1.54, 1.807) is 35.5 Å². The summed E-state index contributed by atoms with van der Waals surface area (Å²) in [5.74, 6) is -5.34. The molecule has 1 aliphatic heterocycles. The number of carbonyl (C=O) groups excluding carboxylic acids is 1. The molecule has 12 heteroatoms. The van der Waals surface area contributed by atoms with Crippen molar-refractivity contribution in [1.82, 2.24) is 19.7 Å². The molecule has 2 aliphatic rings. The number of hydrogen-bond donors (Lipinski definition) is 3. The summed E-state index contributed by atoms with van der Waals surface area (Å²) in [6.07, 6.45) is 14.0. The van der Waals surface area contributed by atoms with Gasteiger partial charge in [0.1, 0.15) is 0 Å². The Bertz CT molecular complexity index is 1410. The summed E-state index contributed by atoms with van der Waals surface area (Å²) in [7, 11) is 0. The van der Waals surface area contributed by atoms with Crippen molar-refractivity contribution < 1.29 is 33.4 Å². The third-order valence-corrected chi connectivity index (χ3v) is 6.01. The molecular weight excluding hydrogens is 524 g/mol. The van der Waals surface area contributed by atoms with Gasteiger partial charge in [-0.3, -0.25) is 19.4 Å². The summed E-state index contributed by atoms with van der Waals surface area (Å²) in [5, 5.41) is 22.9. The van der Waals surface area contributed by atoms with Gasteiger partial charge in [0.25, 0.3) is 5.92 Å². The first kappa shape index (κ1) is 28.3. The lowest BCUT2D eigenvalue weighted by atomic mass is 10.0. The monoisotopic (exact) mass is 551 g/mol. The zero-order valence-electron chi connectivity index (χ0n) is 21.3. The number of carboxylic acid groups (broad SMARTS) is 2. The van der Waals surface area contributed by atoms with Crippen LogP contribution in [-0.2, 0) is 20.9 Å². The van der Waals surface area contributed by atoms with E-state index in [4.69, 9.17) is 10.2 Å². The number of alkyl halides is 2. The number of anilines is 1. The number of aliphatic carboxylic acids is 2. The number of nitrogens with zero attached hydrogens (tertiary/aromatic N) is 4. The number of pyridine rings is 1. The van der Waals surface area contributed by atoms with Gasteiger partial charge < -0.3 is 15.5 Å². The summed E-state index contributed by atoms with van der Waals surface area (Å²) >= 11 is 0. The molecule has 3 heterocycles. The van der Waals surface area contributed by atoms with E-state index in [-0.39, 0.29) is 19.0 Å². The van der Waals surface area contributed by atoms with Gasteiger partial charge in [0.2, 0.25) is 5.91 Å². The second-order valence-corrected chi connectivity index (χ2v) is 9.43. The van der Waals surface area contributed by atoms with Crippen molar-refractivity contribution >= 4 is 29.6 Å². The van der Waals surface area contributed by atoms with Crippen LogP contribution in [0.25, 0.3) is 17.2 Å². The summed E-state index contributed by atoms with van der Waals surface area (Å²) in [4.78, 5) is 37.4. The molecular formula is C28H27F2N5O5. The number of amides is 1. The molecule has 40 heavy (non-hydrogen) atoms. The first-order chi connectivity index (χ1) is 19.1. The summed E-state index contributed by atoms with van der Waals surface area (Å²) in [6, 6.07) is 9.66. The van der Waals surface area contributed by atoms with Crippen LogP contribution in [0.2, 0.25) is 0 Å². The number of carbonyl (C=O) groups is 3. The average Bonchev–Trinajstić information content (AvgIpc) is 3.63. The number of aromatic nitrogens is 3. The van der Waals surface area contributed by atoms with E-state index in [1.165, 1.54) is 18.9 Å². The van der Waals surface area contributed by atoms with E-state index in [2.05, 4.69) is 15.4 Å². The van der Waals surface area contributed by atoms with Gasteiger partial charge in [-0.2, -0.15) is 5.10 Å². The van der Waals surface area contributed by atoms with Crippen molar-refractivity contribution in [2.75, 3.05) is 18.4 Å². The molecule has 0 radical (unpaired) electrons. The molecule has 3 N–H and O–H groups in total. The SMILES string of the molecule is O=C(/C=C/c1cnccc1-c1cnn(C2CC2)c1)Nc1ccc(CN2CC(F)(F)C2)cc1.O=C(O)/C=C/C(=O)O. The van der Waals surface area contributed by atoms with Crippen LogP contribution in [0.4, 0.5) is 14.5 Å². The molecule has 0 atom stereocenters. The first-order valence-corrected chi connectivity index (χ1v) is 12.4. The molecule has 1 aromatic carbocycles. The molecule has 5 rings (SSSR count). The van der Waals surface area contributed by atoms with Gasteiger partial charge in [-0.15, -0.1) is 0 Å². The van der Waals surface area contributed by atoms with Crippen molar-refractivity contribution in [3.05, 3.63) is 84.5 Å². The number of hydrogen-bond acceptors (Lipinski definition) is 6. The molecule has 0 spiro atoms. The Kier molecular flexibility index (Phi) is 8.80. The minimum absolute atomic E-state index is 0.200. The largest absolute Gasteiger partial charge is 0.478 e. The molecule has 2 aromatic heterocycles. The highest BCUT2D eigenvalue weighted by Crippen LogP contribution is 2.35. The van der Waals surface area contributed by atoms with Gasteiger partial charge in [-0.1, -0.05) is 12.1 Å². The van der Waals surface area contributed by atoms with Gasteiger partial charge in [-0.25, -0.2) is 18.4 Å². The standard InChI is InChI=1S/C24H23F2N5O.C4H4O4/c25-24(26)15-30(16-24)13-17-1-4-20(5-2-17)29-23(32)8-3-18-11-27-10-9-22(18)19-12-28-31(14-19)21-6-7-21;5-3(6)1-2-4(7)8/h1-5,8-12,14,21H,6-7,13,15-16H2,(H,29,32);1-2H,(H,5,6)(H,7,8)/b8-3+;2-1+. The van der Waals surface area contributed by atoms with E-state index in [0.717, 1.165) is 22.3 Å². The number of nitrogens with one attached hydrogen (secondary N) is 1. The molecule has 0 unspecified atom stereocenters. The highest BCUT2D eigenvalue weighted by Gasteiger charge is 2.43. The second kappa shape index (κ2) is 12.4. The van der Waals surface area contributed by atoms with Crippen LogP contribution in [0.5, 0.6) is 0 Å². The number of halogens is 2. The molecule has 0 bridgehead atoms. The van der Waals surface area contributed by atoms with Crippen LogP contribution >= 0.6 is 0 Å². The second-order valence-electron chi connectivity index (χ2n) is 9.43. The zero-order chi connectivity index (χ0) is 28.7. The Hall–Kier alpha value is -4.71. The molecule has 10 nitrogen and oxygen atoms in total. The van der Waals surface area contributed by atoms with Crippen LogP contribution in [-0.4, -0.2) is 66.7 Å². The van der Waals surface area contributed by atoms with E-state index in [1.807, 2.05) is 35.3 Å². The maximum Gasteiger partial charge on any atom is 0.328 e. The van der Waals surface area contributed by atoms with Crippen LogP contribution in [0.1, 0.15) is 30.0 Å². The predicted molar refractivity (Wildman–Crippen MR) is 142 cm³/mol. The fraction of sp³-hybridized carbons (Fsp3) is 0.250. The molecule has 208 valence electrons. The summed E-state index contributed by atoms with van der Waals surface area (Å²) in [5.41, 5.74) is 4.38. The third-order valence-electron chi connectivity index (χ3n) is 6.01. The number of rotatable bonds is 9. The molecule has 2 fully saturated rings. The smallest absolute Gasteiger partial charge is 0.328 e. The Morgan fingerprint density at radius 2 is 1.68 bits per heavy atom. The van der Waals surface area contributed by atoms with E-state index in [0.29, 0.717) is 30.4 Å². The van der Waals surface area contributed by atoms with Crippen LogP contribution in [0.3, 0.4) is 0 Å². The summed E-state index contributed by atoms with van der Waals surface area (Å²) in [6.45, 7) is 0.0762. The van der Waals surface area contributed by atoms with E-state index in [9.17, 15) is 23.2 Å². The first-order valence-electron chi connectivity index (χ1n) is 12.4. The van der Waals surface area contributed by atoms with Crippen molar-refractivity contribution in [3.63, 3.8) is 0 Å². The Morgan fingerprint density at radius 3 is 2.27 bits per heavy atom. The fourth-order valence-electron chi connectivity index (χ4n) is 3.98. The number of carboxylic acids is 2. The van der Waals surface area contributed by atoms with Crippen LogP contribution in [0.15, 0.2) is 73.3 Å². The lowest BCUT2D eigenvalue weighted by Gasteiger charge is -2.38. The lowest BCUT2D eigenvalue weighted by molar-refractivity contribution is -0.134. The van der Waals surface area contributed by atoms with Crippen LogP contribution < -0.4 is 5.32 Å². The van der Waals surface area contributed by atoms with Crippen molar-refractivity contribution in [2.24, 2.45) is 0 Å². The summed E-state index contributed by atoms with van der Waals surface area (Å²) < 4.78 is 27.9. The van der Waals surface area contributed by atoms with Crippen molar-refractivity contribution in [1.29, 1.82) is 0 Å². The van der Waals surface area contributed by atoms with Crippen LogP contribution in [0, 0.1) is 0 Å². The maximum absolute atomic E-state index is 12.9. The van der Waals surface area contributed by atoms with Gasteiger partial charge in [0, 0.05) is 60.2 Å². The van der Waals surface area contributed by atoms with Gasteiger partial charge in [0.15, 0.2) is 0 Å². The van der Waals surface area contributed by atoms with Gasteiger partial charge >= 0.3 is 11.9 Å². The van der Waals surface area contributed by atoms with E-state index < -0.39 is 17.9 Å². The lowest BCUT2D eigenvalue weighted by Crippen LogP contribution is -2.55. The Balaban J connectivity index is 0.000000406. The highest BCUT2D eigenvalue weighted by atomic mass is 19.3. The average molecular weight is 552 g/mol. The minimum Gasteiger partial charge on any atom is -0.478 e. The molecule has 1 aliphatic carbocycles. The predicted octanol–water partition coefficient (Wildman–Crippen LogP) is 4.09. The topological polar surface area (TPSA) is 138 Å². The van der Waals surface area contributed by atoms with E-state index >= 15 is 0 Å². The molecule has 3 aromatic rings. The van der Waals surface area contributed by atoms with Crippen molar-refractivity contribution in [2.45, 2.75) is 31.4 Å². The molecule has 1 amide bonds. The van der Waals surface area contributed by atoms with Gasteiger partial charge in [-0.05, 0) is 48.2 Å². The third kappa shape index (κ3) is 8.40. The fourth-order valence-corrected chi connectivity index (χ4v) is 3.98. The normalized spacial score (nSPS) is 16.2. The molecule has 1 saturated carbocycles. The van der Waals surface area contributed by atoms with Crippen molar-refractivity contribution in [3.8, 4) is 11.1 Å². The Labute approximate surface area is 228 Å². The quantitative estimate of drug-likeness (QED) is 0.338. The Morgan fingerprint density at radius 1 is 1.00 bits per heavy atom. The molecule has 1 saturated heterocycles. The minimum atomic E-state index is -2.56. The van der Waals surface area contributed by atoms with Gasteiger partial charge in [0.05, 0.1) is 25.3 Å².